The van der Waals surface area contributed by atoms with Crippen LogP contribution in [-0.4, -0.2) is 21.3 Å². The van der Waals surface area contributed by atoms with Crippen molar-refractivity contribution in [1.29, 1.82) is 0 Å². The van der Waals surface area contributed by atoms with Gasteiger partial charge in [-0.05, 0) is 12.5 Å². The lowest BCUT2D eigenvalue weighted by Gasteiger charge is -2.10. The molecule has 0 bridgehead atoms. The van der Waals surface area contributed by atoms with Crippen molar-refractivity contribution in [2.24, 2.45) is 5.11 Å². The third-order valence-electron chi connectivity index (χ3n) is 1.85. The summed E-state index contributed by atoms with van der Waals surface area (Å²) < 4.78 is 1.73. The number of azide groups is 1. The first-order valence-corrected chi connectivity index (χ1v) is 4.48. The molecule has 0 aromatic carbocycles. The zero-order valence-electron chi connectivity index (χ0n) is 7.63. The van der Waals surface area contributed by atoms with E-state index in [4.69, 9.17) is 22.2 Å². The molecule has 6 nitrogen and oxygen atoms in total. The number of aliphatic hydroxyl groups excluding tert-OH is 1. The van der Waals surface area contributed by atoms with Crippen LogP contribution < -0.4 is 0 Å². The highest BCUT2D eigenvalue weighted by Crippen LogP contribution is 2.24. The van der Waals surface area contributed by atoms with Crippen LogP contribution in [0.3, 0.4) is 0 Å². The summed E-state index contributed by atoms with van der Waals surface area (Å²) in [6.07, 6.45) is 1.55. The molecule has 0 fully saturated rings. The Labute approximate surface area is 85.8 Å². The molecule has 0 aliphatic rings. The number of aromatic nitrogens is 2. The van der Waals surface area contributed by atoms with Crippen molar-refractivity contribution < 1.29 is 5.11 Å². The van der Waals surface area contributed by atoms with E-state index < -0.39 is 6.04 Å². The van der Waals surface area contributed by atoms with Crippen LogP contribution in [0.15, 0.2) is 11.4 Å². The molecule has 1 aromatic heterocycles. The van der Waals surface area contributed by atoms with Gasteiger partial charge in [0.15, 0.2) is 5.15 Å². The summed E-state index contributed by atoms with van der Waals surface area (Å²) in [6, 6.07) is -0.671. The summed E-state index contributed by atoms with van der Waals surface area (Å²) in [4.78, 5) is 6.52. The Kier molecular flexibility index (Phi) is 3.76. The maximum absolute atomic E-state index is 9.01. The summed E-state index contributed by atoms with van der Waals surface area (Å²) >= 11 is 5.81. The minimum Gasteiger partial charge on any atom is -0.396 e. The summed E-state index contributed by atoms with van der Waals surface area (Å²) in [5, 5.41) is 12.7. The van der Waals surface area contributed by atoms with Gasteiger partial charge in [0.2, 0.25) is 0 Å². The molecule has 14 heavy (non-hydrogen) atoms. The lowest BCUT2D eigenvalue weighted by atomic mass is 10.2. The molecule has 0 saturated heterocycles. The smallest absolute Gasteiger partial charge is 0.150 e. The van der Waals surface area contributed by atoms with E-state index in [1.165, 1.54) is 0 Å². The molecule has 0 saturated carbocycles. The van der Waals surface area contributed by atoms with Crippen LogP contribution in [0, 0.1) is 0 Å². The third kappa shape index (κ3) is 1.98. The molecule has 76 valence electrons. The Morgan fingerprint density at radius 1 is 1.86 bits per heavy atom. The van der Waals surface area contributed by atoms with Crippen LogP contribution in [0.5, 0.6) is 0 Å². The second-order valence-corrected chi connectivity index (χ2v) is 2.97. The predicted octanol–water partition coefficient (Wildman–Crippen LogP) is 1.90. The average Bonchev–Trinajstić information content (AvgIpc) is 2.56. The minimum absolute atomic E-state index is 0.262. The van der Waals surface area contributed by atoms with Gasteiger partial charge in [0.25, 0.3) is 0 Å². The molecule has 7 heteroatoms. The van der Waals surface area contributed by atoms with Crippen molar-refractivity contribution in [3.63, 3.8) is 0 Å². The molecule has 0 amide bonds. The van der Waals surface area contributed by atoms with E-state index in [2.05, 4.69) is 15.0 Å². The van der Waals surface area contributed by atoms with Crippen LogP contribution in [-0.2, 0) is 6.54 Å². The summed E-state index contributed by atoms with van der Waals surface area (Å²) in [5.74, 6) is 0. The lowest BCUT2D eigenvalue weighted by Crippen LogP contribution is -2.08. The van der Waals surface area contributed by atoms with E-state index in [1.807, 2.05) is 6.92 Å². The number of hydrogen-bond acceptors (Lipinski definition) is 3. The Hall–Kier alpha value is -1.23. The number of aliphatic hydroxyl groups is 1. The number of imidazole rings is 1. The van der Waals surface area contributed by atoms with Crippen LogP contribution in [0.2, 0.25) is 5.15 Å². The predicted molar refractivity (Wildman–Crippen MR) is 51.9 cm³/mol. The number of halogens is 1. The fourth-order valence-electron chi connectivity index (χ4n) is 1.19. The van der Waals surface area contributed by atoms with E-state index in [0.29, 0.717) is 12.2 Å². The zero-order valence-corrected chi connectivity index (χ0v) is 8.39. The normalized spacial score (nSPS) is 12.2. The third-order valence-corrected chi connectivity index (χ3v) is 2.14. The van der Waals surface area contributed by atoms with Crippen LogP contribution in [0.1, 0.15) is 18.7 Å². The highest BCUT2D eigenvalue weighted by molar-refractivity contribution is 6.30. The standard InChI is InChI=1S/C7H10ClN5O/c1-2-13-4-10-7(8)6(13)5(3-14)11-12-9/h4-5,14H,2-3H2,1H3. The fraction of sp³-hybridized carbons (Fsp3) is 0.571. The highest BCUT2D eigenvalue weighted by atomic mass is 35.5. The molecule has 0 radical (unpaired) electrons. The van der Waals surface area contributed by atoms with Crippen molar-refractivity contribution in [2.45, 2.75) is 19.5 Å². The van der Waals surface area contributed by atoms with Crippen molar-refractivity contribution in [3.8, 4) is 0 Å². The summed E-state index contributed by atoms with van der Waals surface area (Å²) in [7, 11) is 0. The number of hydrogen-bond donors (Lipinski definition) is 1. The van der Waals surface area contributed by atoms with Crippen molar-refractivity contribution >= 4 is 11.6 Å². The molecular weight excluding hydrogens is 206 g/mol. The maximum Gasteiger partial charge on any atom is 0.150 e. The Bertz CT molecular complexity index is 357. The molecule has 1 atom stereocenters. The largest absolute Gasteiger partial charge is 0.396 e. The van der Waals surface area contributed by atoms with Crippen LogP contribution in [0.25, 0.3) is 10.4 Å². The minimum atomic E-state index is -0.671. The summed E-state index contributed by atoms with van der Waals surface area (Å²) in [5.41, 5.74) is 8.85. The monoisotopic (exact) mass is 215 g/mol. The second kappa shape index (κ2) is 4.85. The molecule has 0 aliphatic carbocycles. The van der Waals surface area contributed by atoms with Gasteiger partial charge >= 0.3 is 0 Å². The Morgan fingerprint density at radius 3 is 3.07 bits per heavy atom. The van der Waals surface area contributed by atoms with E-state index in [1.54, 1.807) is 10.9 Å². The average molecular weight is 216 g/mol. The van der Waals surface area contributed by atoms with Gasteiger partial charge in [0.05, 0.1) is 18.6 Å². The molecule has 1 unspecified atom stereocenters. The molecule has 1 aromatic rings. The van der Waals surface area contributed by atoms with Crippen molar-refractivity contribution in [1.82, 2.24) is 9.55 Å². The maximum atomic E-state index is 9.01. The SMILES string of the molecule is CCn1cnc(Cl)c1C(CO)N=[N+]=[N-]. The molecule has 1 rings (SSSR count). The highest BCUT2D eigenvalue weighted by Gasteiger charge is 2.17. The first kappa shape index (κ1) is 10.8. The quantitative estimate of drug-likeness (QED) is 0.472. The fourth-order valence-corrected chi connectivity index (χ4v) is 1.47. The van der Waals surface area contributed by atoms with Gasteiger partial charge in [-0.2, -0.15) is 0 Å². The van der Waals surface area contributed by atoms with Gasteiger partial charge in [-0.1, -0.05) is 16.7 Å². The van der Waals surface area contributed by atoms with Gasteiger partial charge in [-0.25, -0.2) is 4.98 Å². The molecule has 1 heterocycles. The van der Waals surface area contributed by atoms with E-state index in [0.717, 1.165) is 0 Å². The molecule has 0 aliphatic heterocycles. The zero-order chi connectivity index (χ0) is 10.6. The van der Waals surface area contributed by atoms with Crippen molar-refractivity contribution in [2.75, 3.05) is 6.61 Å². The molecular formula is C7H10ClN5O. The first-order chi connectivity index (χ1) is 6.74. The van der Waals surface area contributed by atoms with Crippen LogP contribution in [0.4, 0.5) is 0 Å². The van der Waals surface area contributed by atoms with Gasteiger partial charge in [0, 0.05) is 11.5 Å². The topological polar surface area (TPSA) is 86.8 Å². The number of nitrogens with zero attached hydrogens (tertiary/aromatic N) is 5. The van der Waals surface area contributed by atoms with Gasteiger partial charge in [-0.15, -0.1) is 0 Å². The molecule has 1 N–H and O–H groups in total. The van der Waals surface area contributed by atoms with Gasteiger partial charge in [-0.3, -0.25) is 0 Å². The first-order valence-electron chi connectivity index (χ1n) is 4.10. The van der Waals surface area contributed by atoms with E-state index in [9.17, 15) is 0 Å². The lowest BCUT2D eigenvalue weighted by molar-refractivity contribution is 0.263. The summed E-state index contributed by atoms with van der Waals surface area (Å²) in [6.45, 7) is 2.29. The number of rotatable bonds is 4. The Balaban J connectivity index is 3.12. The van der Waals surface area contributed by atoms with Gasteiger partial charge < -0.3 is 9.67 Å². The van der Waals surface area contributed by atoms with Gasteiger partial charge in [0.1, 0.15) is 6.04 Å². The van der Waals surface area contributed by atoms with Crippen molar-refractivity contribution in [3.05, 3.63) is 27.6 Å². The van der Waals surface area contributed by atoms with Crippen LogP contribution >= 0.6 is 11.6 Å². The Morgan fingerprint density at radius 2 is 2.57 bits per heavy atom. The second-order valence-electron chi connectivity index (χ2n) is 2.61. The molecule has 0 spiro atoms. The van der Waals surface area contributed by atoms with E-state index in [-0.39, 0.29) is 11.8 Å². The van der Waals surface area contributed by atoms with E-state index >= 15 is 0 Å². The number of aryl methyl sites for hydroxylation is 1.